The van der Waals surface area contributed by atoms with Crippen molar-refractivity contribution < 1.29 is 14.7 Å². The molecule has 28 heavy (non-hydrogen) atoms. The van der Waals surface area contributed by atoms with E-state index in [1.807, 2.05) is 30.3 Å². The molecule has 0 unspecified atom stereocenters. The summed E-state index contributed by atoms with van der Waals surface area (Å²) in [5.74, 6) is -0.0633. The minimum Gasteiger partial charge on any atom is -0.396 e. The summed E-state index contributed by atoms with van der Waals surface area (Å²) in [5, 5.41) is 17.3. The predicted octanol–water partition coefficient (Wildman–Crippen LogP) is 1.15. The van der Waals surface area contributed by atoms with E-state index in [0.29, 0.717) is 44.0 Å². The van der Waals surface area contributed by atoms with E-state index < -0.39 is 0 Å². The maximum absolute atomic E-state index is 13.0. The van der Waals surface area contributed by atoms with Gasteiger partial charge in [0, 0.05) is 60.7 Å². The van der Waals surface area contributed by atoms with E-state index in [1.54, 1.807) is 9.80 Å². The number of aliphatic hydroxyl groups is 1. The number of H-pyrrole nitrogens is 2. The van der Waals surface area contributed by atoms with Crippen molar-refractivity contribution in [1.29, 1.82) is 0 Å². The van der Waals surface area contributed by atoms with Crippen LogP contribution in [0.15, 0.2) is 30.3 Å². The van der Waals surface area contributed by atoms with Gasteiger partial charge in [-0.3, -0.25) is 14.7 Å². The van der Waals surface area contributed by atoms with Crippen molar-refractivity contribution in [2.75, 3.05) is 26.2 Å². The molecule has 0 spiro atoms. The fourth-order valence-electron chi connectivity index (χ4n) is 4.01. The molecule has 0 aliphatic carbocycles. The first-order valence-corrected chi connectivity index (χ1v) is 9.47. The summed E-state index contributed by atoms with van der Waals surface area (Å²) < 4.78 is 0. The van der Waals surface area contributed by atoms with Crippen LogP contribution < -0.4 is 0 Å². The lowest BCUT2D eigenvalue weighted by Gasteiger charge is -2.38. The Kier molecular flexibility index (Phi) is 3.94. The van der Waals surface area contributed by atoms with Crippen LogP contribution in [0.5, 0.6) is 0 Å². The molecule has 4 heterocycles. The predicted molar refractivity (Wildman–Crippen MR) is 102 cm³/mol. The maximum atomic E-state index is 13.0. The Hall–Kier alpha value is -3.13. The van der Waals surface area contributed by atoms with Crippen LogP contribution >= 0.6 is 0 Å². The standard InChI is InChI=1S/C20H21N5O3/c26-11-12-8-25(9-12)20(28)18-14-10-24(6-5-16(14)22-23-18)19(27)17-7-13-3-1-2-4-15(13)21-17/h1-4,7,12,21,26H,5-6,8-11H2,(H,22,23). The molecule has 2 aromatic heterocycles. The molecule has 144 valence electrons. The number of aromatic amines is 2. The first-order valence-electron chi connectivity index (χ1n) is 9.47. The fourth-order valence-corrected chi connectivity index (χ4v) is 4.01. The molecule has 8 nitrogen and oxygen atoms in total. The van der Waals surface area contributed by atoms with E-state index in [2.05, 4.69) is 15.2 Å². The Morgan fingerprint density at radius 3 is 2.79 bits per heavy atom. The van der Waals surface area contributed by atoms with Crippen LogP contribution in [-0.2, 0) is 13.0 Å². The summed E-state index contributed by atoms with van der Waals surface area (Å²) in [6, 6.07) is 9.65. The zero-order valence-corrected chi connectivity index (χ0v) is 15.3. The third kappa shape index (κ3) is 2.68. The van der Waals surface area contributed by atoms with E-state index >= 15 is 0 Å². The van der Waals surface area contributed by atoms with Crippen LogP contribution in [0.1, 0.15) is 32.2 Å². The second kappa shape index (κ2) is 6.49. The van der Waals surface area contributed by atoms with Gasteiger partial charge >= 0.3 is 0 Å². The quantitative estimate of drug-likeness (QED) is 0.635. The first kappa shape index (κ1) is 17.0. The summed E-state index contributed by atoms with van der Waals surface area (Å²) in [6.45, 7) is 2.13. The number of para-hydroxylation sites is 1. The number of nitrogens with one attached hydrogen (secondary N) is 2. The highest BCUT2D eigenvalue weighted by atomic mass is 16.3. The molecular weight excluding hydrogens is 358 g/mol. The van der Waals surface area contributed by atoms with Gasteiger partial charge in [0.25, 0.3) is 11.8 Å². The second-order valence-corrected chi connectivity index (χ2v) is 7.54. The van der Waals surface area contributed by atoms with Crippen molar-refractivity contribution >= 4 is 22.7 Å². The van der Waals surface area contributed by atoms with E-state index in [1.165, 1.54) is 0 Å². The molecule has 0 bridgehead atoms. The summed E-state index contributed by atoms with van der Waals surface area (Å²) in [6.07, 6.45) is 0.640. The molecule has 1 saturated heterocycles. The monoisotopic (exact) mass is 379 g/mol. The highest BCUT2D eigenvalue weighted by molar-refractivity contribution is 5.99. The number of benzene rings is 1. The number of rotatable bonds is 3. The lowest BCUT2D eigenvalue weighted by molar-refractivity contribution is 0.0353. The summed E-state index contributed by atoms with van der Waals surface area (Å²) in [4.78, 5) is 32.4. The van der Waals surface area contributed by atoms with Gasteiger partial charge in [0.1, 0.15) is 5.69 Å². The molecule has 0 saturated carbocycles. The van der Waals surface area contributed by atoms with Crippen LogP contribution in [0, 0.1) is 5.92 Å². The summed E-state index contributed by atoms with van der Waals surface area (Å²) in [5.41, 5.74) is 3.59. The van der Waals surface area contributed by atoms with Crippen LogP contribution in [0.2, 0.25) is 0 Å². The molecule has 8 heteroatoms. The number of likely N-dealkylation sites (tertiary alicyclic amines) is 1. The van der Waals surface area contributed by atoms with Crippen LogP contribution in [0.3, 0.4) is 0 Å². The van der Waals surface area contributed by atoms with Crippen molar-refractivity contribution in [2.24, 2.45) is 5.92 Å². The Labute approximate surface area is 161 Å². The number of aliphatic hydroxyl groups excluding tert-OH is 1. The average molecular weight is 379 g/mol. The minimum atomic E-state index is -0.137. The molecule has 3 aromatic rings. The second-order valence-electron chi connectivity index (χ2n) is 7.54. The number of carbonyl (C=O) groups excluding carboxylic acids is 2. The Morgan fingerprint density at radius 1 is 1.18 bits per heavy atom. The Morgan fingerprint density at radius 2 is 2.00 bits per heavy atom. The highest BCUT2D eigenvalue weighted by Crippen LogP contribution is 2.26. The van der Waals surface area contributed by atoms with Gasteiger partial charge in [0.15, 0.2) is 5.69 Å². The number of hydrogen-bond acceptors (Lipinski definition) is 4. The molecule has 2 aliphatic heterocycles. The largest absolute Gasteiger partial charge is 0.396 e. The Balaban J connectivity index is 1.36. The topological polar surface area (TPSA) is 105 Å². The van der Waals surface area contributed by atoms with Gasteiger partial charge in [-0.2, -0.15) is 5.10 Å². The smallest absolute Gasteiger partial charge is 0.274 e. The van der Waals surface area contributed by atoms with Crippen molar-refractivity contribution in [1.82, 2.24) is 25.0 Å². The lowest BCUT2D eigenvalue weighted by atomic mass is 9.99. The van der Waals surface area contributed by atoms with Gasteiger partial charge in [-0.15, -0.1) is 0 Å². The van der Waals surface area contributed by atoms with E-state index in [9.17, 15) is 9.59 Å². The number of fused-ring (bicyclic) bond motifs is 2. The lowest BCUT2D eigenvalue weighted by Crippen LogP contribution is -2.51. The van der Waals surface area contributed by atoms with Crippen LogP contribution in [0.4, 0.5) is 0 Å². The van der Waals surface area contributed by atoms with E-state index in [-0.39, 0.29) is 24.3 Å². The molecule has 5 rings (SSSR count). The number of nitrogens with zero attached hydrogens (tertiary/aromatic N) is 3. The Bertz CT molecular complexity index is 1030. The first-order chi connectivity index (χ1) is 13.6. The fraction of sp³-hybridized carbons (Fsp3) is 0.350. The molecular formula is C20H21N5O3. The van der Waals surface area contributed by atoms with E-state index in [4.69, 9.17) is 5.11 Å². The van der Waals surface area contributed by atoms with Crippen LogP contribution in [0.25, 0.3) is 10.9 Å². The number of carbonyl (C=O) groups is 2. The zero-order chi connectivity index (χ0) is 19.3. The van der Waals surface area contributed by atoms with Gasteiger partial charge in [-0.05, 0) is 12.1 Å². The maximum Gasteiger partial charge on any atom is 0.274 e. The zero-order valence-electron chi connectivity index (χ0n) is 15.3. The molecule has 2 aliphatic rings. The average Bonchev–Trinajstić information content (AvgIpc) is 3.30. The van der Waals surface area contributed by atoms with Crippen molar-refractivity contribution in [3.8, 4) is 0 Å². The summed E-state index contributed by atoms with van der Waals surface area (Å²) in [7, 11) is 0. The van der Waals surface area contributed by atoms with Gasteiger partial charge in [0.2, 0.25) is 0 Å². The third-order valence-electron chi connectivity index (χ3n) is 5.69. The van der Waals surface area contributed by atoms with Crippen molar-refractivity contribution in [3.63, 3.8) is 0 Å². The van der Waals surface area contributed by atoms with Gasteiger partial charge < -0.3 is 19.9 Å². The molecule has 1 fully saturated rings. The highest BCUT2D eigenvalue weighted by Gasteiger charge is 2.35. The van der Waals surface area contributed by atoms with Gasteiger partial charge in [-0.25, -0.2) is 0 Å². The normalized spacial score (nSPS) is 16.9. The van der Waals surface area contributed by atoms with Gasteiger partial charge in [0.05, 0.1) is 6.54 Å². The molecule has 2 amide bonds. The van der Waals surface area contributed by atoms with Crippen LogP contribution in [-0.4, -0.2) is 68.1 Å². The number of aromatic nitrogens is 3. The molecule has 3 N–H and O–H groups in total. The third-order valence-corrected chi connectivity index (χ3v) is 5.69. The van der Waals surface area contributed by atoms with Gasteiger partial charge in [-0.1, -0.05) is 18.2 Å². The van der Waals surface area contributed by atoms with Crippen molar-refractivity contribution in [3.05, 3.63) is 53.0 Å². The molecule has 1 aromatic carbocycles. The minimum absolute atomic E-state index is 0.0780. The van der Waals surface area contributed by atoms with Crippen molar-refractivity contribution in [2.45, 2.75) is 13.0 Å². The number of amides is 2. The number of hydrogen-bond donors (Lipinski definition) is 3. The summed E-state index contributed by atoms with van der Waals surface area (Å²) >= 11 is 0. The molecule has 0 radical (unpaired) electrons. The van der Waals surface area contributed by atoms with E-state index in [0.717, 1.165) is 22.2 Å². The molecule has 0 atom stereocenters. The SMILES string of the molecule is O=C(c1cc2ccccc2[nH]1)N1CCc2[nH]nc(C(=O)N3CC(CO)C3)c2C1.